The summed E-state index contributed by atoms with van der Waals surface area (Å²) >= 11 is 0. The predicted octanol–water partition coefficient (Wildman–Crippen LogP) is 1.80. The lowest BCUT2D eigenvalue weighted by molar-refractivity contribution is -0.120. The first-order valence-electron chi connectivity index (χ1n) is 7.28. The smallest absolute Gasteiger partial charge is 0.274 e. The summed E-state index contributed by atoms with van der Waals surface area (Å²) in [5.74, 6) is -0.496. The van der Waals surface area contributed by atoms with Crippen LogP contribution in [0.2, 0.25) is 0 Å². The summed E-state index contributed by atoms with van der Waals surface area (Å²) in [6, 6.07) is 7.92. The molecule has 0 heterocycles. The number of rotatable bonds is 6. The molecule has 1 aromatic carbocycles. The Kier molecular flexibility index (Phi) is 4.68. The molecule has 1 saturated carbocycles. The van der Waals surface area contributed by atoms with Crippen molar-refractivity contribution in [1.82, 2.24) is 9.03 Å². The van der Waals surface area contributed by atoms with Crippen LogP contribution in [0.5, 0.6) is 0 Å². The van der Waals surface area contributed by atoms with Gasteiger partial charge >= 0.3 is 10.2 Å². The maximum atomic E-state index is 12.1. The minimum atomic E-state index is -3.71. The van der Waals surface area contributed by atoms with Crippen LogP contribution in [-0.4, -0.2) is 31.7 Å². The highest BCUT2D eigenvalue weighted by molar-refractivity contribution is 7.87. The first kappa shape index (κ1) is 16.0. The number of hydrogen-bond acceptors (Lipinski definition) is 3. The van der Waals surface area contributed by atoms with Gasteiger partial charge in [-0.05, 0) is 30.4 Å². The molecule has 1 N–H and O–H groups in total. The zero-order chi connectivity index (χ0) is 15.6. The van der Waals surface area contributed by atoms with Gasteiger partial charge in [-0.1, -0.05) is 38.1 Å². The van der Waals surface area contributed by atoms with Gasteiger partial charge in [0.25, 0.3) is 0 Å². The van der Waals surface area contributed by atoms with Gasteiger partial charge < -0.3 is 0 Å². The van der Waals surface area contributed by atoms with Crippen molar-refractivity contribution in [3.05, 3.63) is 35.4 Å². The highest BCUT2D eigenvalue weighted by Gasteiger charge is 2.45. The summed E-state index contributed by atoms with van der Waals surface area (Å²) in [7, 11) is -3.71. The third-order valence-electron chi connectivity index (χ3n) is 3.99. The lowest BCUT2D eigenvalue weighted by atomic mass is 10.0. The summed E-state index contributed by atoms with van der Waals surface area (Å²) in [5, 5.41) is 0. The molecule has 21 heavy (non-hydrogen) atoms. The molecule has 0 bridgehead atoms. The molecule has 0 saturated heterocycles. The number of nitrogens with one attached hydrogen (secondary N) is 1. The molecule has 1 aromatic rings. The molecule has 2 atom stereocenters. The van der Waals surface area contributed by atoms with Crippen LogP contribution in [0.15, 0.2) is 24.3 Å². The van der Waals surface area contributed by atoms with Crippen LogP contribution < -0.4 is 4.72 Å². The fourth-order valence-corrected chi connectivity index (χ4v) is 3.88. The molecule has 0 radical (unpaired) electrons. The van der Waals surface area contributed by atoms with Crippen molar-refractivity contribution in [1.29, 1.82) is 0 Å². The van der Waals surface area contributed by atoms with Gasteiger partial charge in [-0.3, -0.25) is 4.79 Å². The van der Waals surface area contributed by atoms with Crippen LogP contribution >= 0.6 is 0 Å². The molecule has 2 rings (SSSR count). The van der Waals surface area contributed by atoms with Crippen molar-refractivity contribution < 1.29 is 13.2 Å². The van der Waals surface area contributed by atoms with E-state index in [1.54, 1.807) is 13.8 Å². The Hall–Kier alpha value is -1.40. The standard InChI is InChI=1S/C15H22N2O3S/c1-4-17(5-2)21(19,20)16-15(18)14-10-13(14)12-9-7-6-8-11(12)3/h6-9,13-14H,4-5,10H2,1-3H3,(H,16,18)/t13-,14+/m0/s1. The second kappa shape index (κ2) is 6.15. The predicted molar refractivity (Wildman–Crippen MR) is 82.0 cm³/mol. The molecule has 0 aromatic heterocycles. The molecular formula is C15H22N2O3S. The zero-order valence-electron chi connectivity index (χ0n) is 12.7. The van der Waals surface area contributed by atoms with Gasteiger partial charge in [-0.25, -0.2) is 4.72 Å². The van der Waals surface area contributed by atoms with Crippen LogP contribution in [-0.2, 0) is 15.0 Å². The molecule has 1 aliphatic rings. The Morgan fingerprint density at radius 3 is 2.48 bits per heavy atom. The number of carbonyl (C=O) groups excluding carboxylic acids is 1. The van der Waals surface area contributed by atoms with E-state index >= 15 is 0 Å². The van der Waals surface area contributed by atoms with E-state index in [0.29, 0.717) is 19.5 Å². The molecule has 0 unspecified atom stereocenters. The van der Waals surface area contributed by atoms with E-state index in [-0.39, 0.29) is 11.8 Å². The zero-order valence-corrected chi connectivity index (χ0v) is 13.5. The normalized spacial score (nSPS) is 21.3. The Bertz CT molecular complexity index is 624. The van der Waals surface area contributed by atoms with Crippen molar-refractivity contribution in [2.45, 2.75) is 33.1 Å². The Balaban J connectivity index is 2.03. The molecule has 1 amide bonds. The number of aryl methyl sites for hydroxylation is 1. The molecule has 1 fully saturated rings. The maximum Gasteiger partial charge on any atom is 0.303 e. The van der Waals surface area contributed by atoms with Crippen LogP contribution in [0.4, 0.5) is 0 Å². The van der Waals surface area contributed by atoms with Crippen molar-refractivity contribution >= 4 is 16.1 Å². The summed E-state index contributed by atoms with van der Waals surface area (Å²) in [5.41, 5.74) is 2.28. The van der Waals surface area contributed by atoms with Gasteiger partial charge in [-0.15, -0.1) is 0 Å². The SMILES string of the molecule is CCN(CC)S(=O)(=O)NC(=O)[C@@H]1C[C@H]1c1ccccc1C. The highest BCUT2D eigenvalue weighted by atomic mass is 32.2. The Labute approximate surface area is 126 Å². The molecule has 116 valence electrons. The molecule has 0 spiro atoms. The average molecular weight is 310 g/mol. The Morgan fingerprint density at radius 1 is 1.29 bits per heavy atom. The quantitative estimate of drug-likeness (QED) is 0.871. The Morgan fingerprint density at radius 2 is 1.90 bits per heavy atom. The fourth-order valence-electron chi connectivity index (χ4n) is 2.66. The van der Waals surface area contributed by atoms with E-state index in [2.05, 4.69) is 4.72 Å². The van der Waals surface area contributed by atoms with Crippen molar-refractivity contribution in [3.63, 3.8) is 0 Å². The van der Waals surface area contributed by atoms with E-state index in [9.17, 15) is 13.2 Å². The first-order chi connectivity index (χ1) is 9.90. The topological polar surface area (TPSA) is 66.5 Å². The first-order valence-corrected chi connectivity index (χ1v) is 8.72. The van der Waals surface area contributed by atoms with Gasteiger partial charge in [0.1, 0.15) is 0 Å². The van der Waals surface area contributed by atoms with Gasteiger partial charge in [0.05, 0.1) is 0 Å². The number of hydrogen-bond donors (Lipinski definition) is 1. The summed E-state index contributed by atoms with van der Waals surface area (Å²) < 4.78 is 27.5. The fraction of sp³-hybridized carbons (Fsp3) is 0.533. The van der Waals surface area contributed by atoms with Crippen molar-refractivity contribution in [2.75, 3.05) is 13.1 Å². The maximum absolute atomic E-state index is 12.1. The molecule has 0 aliphatic heterocycles. The lowest BCUT2D eigenvalue weighted by Crippen LogP contribution is -2.44. The van der Waals surface area contributed by atoms with Crippen LogP contribution in [0.1, 0.15) is 37.3 Å². The summed E-state index contributed by atoms with van der Waals surface area (Å²) in [4.78, 5) is 12.1. The second-order valence-electron chi connectivity index (χ2n) is 5.36. The lowest BCUT2D eigenvalue weighted by Gasteiger charge is -2.18. The highest BCUT2D eigenvalue weighted by Crippen LogP contribution is 2.48. The number of carbonyl (C=O) groups is 1. The van der Waals surface area contributed by atoms with Crippen molar-refractivity contribution in [2.24, 2.45) is 5.92 Å². The monoisotopic (exact) mass is 310 g/mol. The third kappa shape index (κ3) is 3.44. The number of benzene rings is 1. The third-order valence-corrected chi connectivity index (χ3v) is 5.65. The van der Waals surface area contributed by atoms with Gasteiger partial charge in [0, 0.05) is 19.0 Å². The average Bonchev–Trinajstić information content (AvgIpc) is 3.20. The molecule has 5 nitrogen and oxygen atoms in total. The molecular weight excluding hydrogens is 288 g/mol. The van der Waals surface area contributed by atoms with Crippen LogP contribution in [0.3, 0.4) is 0 Å². The minimum Gasteiger partial charge on any atom is -0.274 e. The summed E-state index contributed by atoms with van der Waals surface area (Å²) in [6.45, 7) is 6.21. The van der Waals surface area contributed by atoms with Crippen LogP contribution in [0.25, 0.3) is 0 Å². The van der Waals surface area contributed by atoms with Gasteiger partial charge in [0.15, 0.2) is 0 Å². The minimum absolute atomic E-state index is 0.137. The summed E-state index contributed by atoms with van der Waals surface area (Å²) in [6.07, 6.45) is 0.713. The van der Waals surface area contributed by atoms with Gasteiger partial charge in [-0.2, -0.15) is 12.7 Å². The largest absolute Gasteiger partial charge is 0.303 e. The van der Waals surface area contributed by atoms with E-state index in [1.165, 1.54) is 4.31 Å². The number of amides is 1. The van der Waals surface area contributed by atoms with E-state index in [4.69, 9.17) is 0 Å². The molecule has 1 aliphatic carbocycles. The van der Waals surface area contributed by atoms with Crippen LogP contribution in [0, 0.1) is 12.8 Å². The van der Waals surface area contributed by atoms with E-state index < -0.39 is 16.1 Å². The van der Waals surface area contributed by atoms with E-state index in [0.717, 1.165) is 11.1 Å². The number of nitrogens with zero attached hydrogens (tertiary/aromatic N) is 1. The second-order valence-corrected chi connectivity index (χ2v) is 7.03. The van der Waals surface area contributed by atoms with Crippen molar-refractivity contribution in [3.8, 4) is 0 Å². The van der Waals surface area contributed by atoms with E-state index in [1.807, 2.05) is 31.2 Å². The molecule has 6 heteroatoms. The van der Waals surface area contributed by atoms with Gasteiger partial charge in [0.2, 0.25) is 5.91 Å².